The predicted molar refractivity (Wildman–Crippen MR) is 90.5 cm³/mol. The number of rotatable bonds is 10. The second-order valence-corrected chi connectivity index (χ2v) is 5.61. The van der Waals surface area contributed by atoms with E-state index in [-0.39, 0.29) is 13.0 Å². The number of amides is 1. The molecule has 1 amide bonds. The van der Waals surface area contributed by atoms with Gasteiger partial charge in [0.15, 0.2) is 17.0 Å². The lowest BCUT2D eigenvalue weighted by Gasteiger charge is -2.25. The number of carbonyl (C=O) groups excluding carboxylic acids is 1. The van der Waals surface area contributed by atoms with E-state index in [0.717, 1.165) is 5.56 Å². The van der Waals surface area contributed by atoms with Crippen molar-refractivity contribution in [2.45, 2.75) is 25.3 Å². The standard InChI is InChI=1S/C17H25NO7/c1-17(10-22-2,16(20)21)18-13(19)9-7-11-6-8-12(23-3)15(25-5)14(11)24-4/h6,8H,7,9-10H2,1-5H3,(H,18,19)(H,20,21). The summed E-state index contributed by atoms with van der Waals surface area (Å²) in [5.41, 5.74) is -0.730. The molecule has 0 aromatic heterocycles. The van der Waals surface area contributed by atoms with Gasteiger partial charge in [-0.15, -0.1) is 0 Å². The molecule has 0 bridgehead atoms. The molecule has 0 saturated carbocycles. The average Bonchev–Trinajstić information content (AvgIpc) is 2.58. The van der Waals surface area contributed by atoms with Gasteiger partial charge >= 0.3 is 5.97 Å². The Hall–Kier alpha value is -2.48. The molecular weight excluding hydrogens is 330 g/mol. The molecule has 1 unspecified atom stereocenters. The summed E-state index contributed by atoms with van der Waals surface area (Å²) in [7, 11) is 5.90. The van der Waals surface area contributed by atoms with Crippen LogP contribution in [0.1, 0.15) is 18.9 Å². The second-order valence-electron chi connectivity index (χ2n) is 5.61. The molecule has 2 N–H and O–H groups in total. The summed E-state index contributed by atoms with van der Waals surface area (Å²) >= 11 is 0. The Bertz CT molecular complexity index is 617. The van der Waals surface area contributed by atoms with Crippen LogP contribution in [0.25, 0.3) is 0 Å². The fraction of sp³-hybridized carbons (Fsp3) is 0.529. The van der Waals surface area contributed by atoms with Crippen LogP contribution in [0.5, 0.6) is 17.2 Å². The summed E-state index contributed by atoms with van der Waals surface area (Å²) in [6, 6.07) is 3.50. The Morgan fingerprint density at radius 3 is 2.20 bits per heavy atom. The number of aryl methyl sites for hydroxylation is 1. The van der Waals surface area contributed by atoms with E-state index in [4.69, 9.17) is 18.9 Å². The number of ether oxygens (including phenoxy) is 4. The fourth-order valence-corrected chi connectivity index (χ4v) is 2.42. The third kappa shape index (κ3) is 4.99. The van der Waals surface area contributed by atoms with E-state index in [1.807, 2.05) is 0 Å². The van der Waals surface area contributed by atoms with Crippen molar-refractivity contribution in [1.29, 1.82) is 0 Å². The highest BCUT2D eigenvalue weighted by atomic mass is 16.5. The summed E-state index contributed by atoms with van der Waals surface area (Å²) in [6.45, 7) is 1.27. The molecule has 140 valence electrons. The number of aliphatic carboxylic acids is 1. The average molecular weight is 355 g/mol. The number of carboxylic acid groups (broad SMARTS) is 1. The molecule has 1 rings (SSSR count). The summed E-state index contributed by atoms with van der Waals surface area (Å²) in [5, 5.41) is 11.8. The monoisotopic (exact) mass is 355 g/mol. The van der Waals surface area contributed by atoms with Gasteiger partial charge in [-0.1, -0.05) is 6.07 Å². The van der Waals surface area contributed by atoms with Crippen molar-refractivity contribution >= 4 is 11.9 Å². The number of nitrogens with one attached hydrogen (secondary N) is 1. The molecule has 1 atom stereocenters. The molecule has 0 heterocycles. The minimum atomic E-state index is -1.48. The molecule has 0 saturated heterocycles. The molecule has 0 aliphatic rings. The smallest absolute Gasteiger partial charge is 0.331 e. The highest BCUT2D eigenvalue weighted by Gasteiger charge is 2.34. The first-order valence-electron chi connectivity index (χ1n) is 7.64. The van der Waals surface area contributed by atoms with Gasteiger partial charge in [0.2, 0.25) is 11.7 Å². The zero-order chi connectivity index (χ0) is 19.0. The van der Waals surface area contributed by atoms with Crippen LogP contribution < -0.4 is 19.5 Å². The number of hydrogen-bond acceptors (Lipinski definition) is 6. The summed E-state index contributed by atoms with van der Waals surface area (Å²) in [5.74, 6) is -0.124. The summed E-state index contributed by atoms with van der Waals surface area (Å²) in [6.07, 6.45) is 0.427. The van der Waals surface area contributed by atoms with Crippen LogP contribution in [0.4, 0.5) is 0 Å². The maximum absolute atomic E-state index is 12.2. The zero-order valence-electron chi connectivity index (χ0n) is 15.2. The van der Waals surface area contributed by atoms with Crippen LogP contribution in [0, 0.1) is 0 Å². The Kier molecular flexibility index (Phi) is 7.50. The van der Waals surface area contributed by atoms with Crippen LogP contribution in [-0.4, -0.2) is 57.6 Å². The summed E-state index contributed by atoms with van der Waals surface area (Å²) < 4.78 is 20.8. The van der Waals surface area contributed by atoms with Crippen molar-refractivity contribution in [3.05, 3.63) is 17.7 Å². The van der Waals surface area contributed by atoms with E-state index in [2.05, 4.69) is 5.32 Å². The van der Waals surface area contributed by atoms with Gasteiger partial charge < -0.3 is 29.4 Å². The van der Waals surface area contributed by atoms with Crippen LogP contribution >= 0.6 is 0 Å². The van der Waals surface area contributed by atoms with E-state index in [0.29, 0.717) is 23.7 Å². The number of methoxy groups -OCH3 is 4. The maximum atomic E-state index is 12.2. The highest BCUT2D eigenvalue weighted by Crippen LogP contribution is 2.40. The molecule has 8 nitrogen and oxygen atoms in total. The quantitative estimate of drug-likeness (QED) is 0.651. The van der Waals surface area contributed by atoms with Gasteiger partial charge in [0.05, 0.1) is 27.9 Å². The normalized spacial score (nSPS) is 12.8. The third-order valence-corrected chi connectivity index (χ3v) is 3.73. The largest absolute Gasteiger partial charge is 0.493 e. The van der Waals surface area contributed by atoms with Crippen molar-refractivity contribution in [2.75, 3.05) is 35.0 Å². The van der Waals surface area contributed by atoms with Crippen molar-refractivity contribution < 1.29 is 33.6 Å². The molecule has 25 heavy (non-hydrogen) atoms. The zero-order valence-corrected chi connectivity index (χ0v) is 15.2. The van der Waals surface area contributed by atoms with Crippen molar-refractivity contribution in [3.63, 3.8) is 0 Å². The molecule has 0 fully saturated rings. The lowest BCUT2D eigenvalue weighted by molar-refractivity contribution is -0.149. The van der Waals surface area contributed by atoms with Crippen LogP contribution in [0.2, 0.25) is 0 Å². The van der Waals surface area contributed by atoms with Crippen molar-refractivity contribution in [2.24, 2.45) is 0 Å². The van der Waals surface area contributed by atoms with E-state index < -0.39 is 17.4 Å². The topological polar surface area (TPSA) is 103 Å². The van der Waals surface area contributed by atoms with E-state index in [1.165, 1.54) is 35.4 Å². The maximum Gasteiger partial charge on any atom is 0.331 e. The SMILES string of the molecule is COCC(C)(NC(=O)CCc1ccc(OC)c(OC)c1OC)C(=O)O. The lowest BCUT2D eigenvalue weighted by atomic mass is 10.0. The van der Waals surface area contributed by atoms with Crippen LogP contribution in [0.3, 0.4) is 0 Å². The Labute approximate surface area is 147 Å². The lowest BCUT2D eigenvalue weighted by Crippen LogP contribution is -2.55. The molecule has 0 aliphatic heterocycles. The highest BCUT2D eigenvalue weighted by molar-refractivity contribution is 5.87. The first-order chi connectivity index (χ1) is 11.8. The minimum Gasteiger partial charge on any atom is -0.493 e. The molecule has 8 heteroatoms. The first-order valence-corrected chi connectivity index (χ1v) is 7.64. The van der Waals surface area contributed by atoms with Crippen molar-refractivity contribution in [3.8, 4) is 17.2 Å². The fourth-order valence-electron chi connectivity index (χ4n) is 2.42. The molecule has 0 spiro atoms. The molecule has 1 aromatic carbocycles. The number of carbonyl (C=O) groups is 2. The van der Waals surface area contributed by atoms with Gasteiger partial charge in [0, 0.05) is 13.5 Å². The molecule has 0 aliphatic carbocycles. The van der Waals surface area contributed by atoms with Gasteiger partial charge in [0.1, 0.15) is 0 Å². The van der Waals surface area contributed by atoms with E-state index in [9.17, 15) is 14.7 Å². The summed E-state index contributed by atoms with van der Waals surface area (Å²) in [4.78, 5) is 23.5. The van der Waals surface area contributed by atoms with Crippen molar-refractivity contribution in [1.82, 2.24) is 5.32 Å². The van der Waals surface area contributed by atoms with Crippen LogP contribution in [-0.2, 0) is 20.7 Å². The van der Waals surface area contributed by atoms with E-state index in [1.54, 1.807) is 12.1 Å². The second kappa shape index (κ2) is 9.12. The van der Waals surface area contributed by atoms with Gasteiger partial charge in [-0.05, 0) is 25.0 Å². The number of hydrogen-bond donors (Lipinski definition) is 2. The minimum absolute atomic E-state index is 0.0818. The molecular formula is C17H25NO7. The van der Waals surface area contributed by atoms with E-state index >= 15 is 0 Å². The molecule has 0 radical (unpaired) electrons. The van der Waals surface area contributed by atoms with Gasteiger partial charge in [-0.3, -0.25) is 4.79 Å². The van der Waals surface area contributed by atoms with Crippen LogP contribution in [0.15, 0.2) is 12.1 Å². The van der Waals surface area contributed by atoms with Gasteiger partial charge in [-0.2, -0.15) is 0 Å². The predicted octanol–water partition coefficient (Wildman–Crippen LogP) is 1.25. The third-order valence-electron chi connectivity index (χ3n) is 3.73. The molecule has 1 aromatic rings. The number of carboxylic acids is 1. The van der Waals surface area contributed by atoms with Gasteiger partial charge in [0.25, 0.3) is 0 Å². The first kappa shape index (κ1) is 20.6. The Morgan fingerprint density at radius 2 is 1.72 bits per heavy atom. The number of benzene rings is 1. The van der Waals surface area contributed by atoms with Gasteiger partial charge in [-0.25, -0.2) is 4.79 Å². The Balaban J connectivity index is 2.87. The Morgan fingerprint density at radius 1 is 1.08 bits per heavy atom.